The van der Waals surface area contributed by atoms with E-state index in [0.29, 0.717) is 12.6 Å². The topological polar surface area (TPSA) is 47.5 Å². The third-order valence-corrected chi connectivity index (χ3v) is 5.45. The molecule has 2 fully saturated rings. The van der Waals surface area contributed by atoms with Crippen molar-refractivity contribution in [3.05, 3.63) is 46.7 Å². The molecule has 0 aromatic carbocycles. The van der Waals surface area contributed by atoms with E-state index in [9.17, 15) is 0 Å². The molecule has 6 heteroatoms. The molecule has 0 radical (unpaired) electrons. The first-order valence-corrected chi connectivity index (χ1v) is 9.02. The van der Waals surface area contributed by atoms with E-state index in [-0.39, 0.29) is 12.2 Å². The van der Waals surface area contributed by atoms with Crippen molar-refractivity contribution in [2.24, 2.45) is 0 Å². The fourth-order valence-electron chi connectivity index (χ4n) is 3.56. The van der Waals surface area contributed by atoms with Gasteiger partial charge in [-0.15, -0.1) is 11.3 Å². The van der Waals surface area contributed by atoms with E-state index in [1.54, 1.807) is 11.3 Å². The number of aromatic nitrogens is 2. The van der Waals surface area contributed by atoms with Crippen LogP contribution in [0, 0.1) is 0 Å². The predicted molar refractivity (Wildman–Crippen MR) is 88.1 cm³/mol. The van der Waals surface area contributed by atoms with Gasteiger partial charge in [0.05, 0.1) is 32.0 Å². The summed E-state index contributed by atoms with van der Waals surface area (Å²) in [5.41, 5.74) is 1.16. The Hall–Kier alpha value is -1.34. The highest BCUT2D eigenvalue weighted by atomic mass is 32.1. The SMILES string of the molecule is c1cc(COC2C3CCC2N(Cc2nccs2)CCO3)ccn1. The van der Waals surface area contributed by atoms with Crippen molar-refractivity contribution in [1.29, 1.82) is 0 Å². The lowest BCUT2D eigenvalue weighted by Crippen LogP contribution is -2.42. The number of thiazole rings is 1. The van der Waals surface area contributed by atoms with Crippen molar-refractivity contribution in [3.63, 3.8) is 0 Å². The summed E-state index contributed by atoms with van der Waals surface area (Å²) in [4.78, 5) is 11.0. The number of fused-ring (bicyclic) bond motifs is 2. The highest BCUT2D eigenvalue weighted by Gasteiger charge is 2.43. The van der Waals surface area contributed by atoms with E-state index in [4.69, 9.17) is 9.47 Å². The Morgan fingerprint density at radius 3 is 3.00 bits per heavy atom. The molecular weight excluding hydrogens is 310 g/mol. The van der Waals surface area contributed by atoms with Gasteiger partial charge < -0.3 is 9.47 Å². The average molecular weight is 331 g/mol. The number of hydrogen-bond acceptors (Lipinski definition) is 6. The van der Waals surface area contributed by atoms with Gasteiger partial charge >= 0.3 is 0 Å². The lowest BCUT2D eigenvalue weighted by Gasteiger charge is -2.30. The molecule has 3 heterocycles. The number of pyridine rings is 1. The standard InChI is InChI=1S/C17H21N3O2S/c1-2-15-17(22-12-13-3-5-18-6-4-13)14(1)20(8-9-21-15)11-16-19-7-10-23-16/h3-7,10,14-15,17H,1-2,8-9,11-12H2. The van der Waals surface area contributed by atoms with Crippen LogP contribution in [0.15, 0.2) is 36.1 Å². The molecule has 5 nitrogen and oxygen atoms in total. The normalized spacial score (nSPS) is 27.9. The van der Waals surface area contributed by atoms with E-state index in [1.807, 2.05) is 36.1 Å². The molecule has 2 bridgehead atoms. The summed E-state index contributed by atoms with van der Waals surface area (Å²) in [5.74, 6) is 0. The Morgan fingerprint density at radius 1 is 1.26 bits per heavy atom. The molecule has 1 aliphatic carbocycles. The Bertz CT molecular complexity index is 608. The highest BCUT2D eigenvalue weighted by molar-refractivity contribution is 7.09. The molecule has 2 aromatic rings. The third-order valence-electron chi connectivity index (χ3n) is 4.69. The summed E-state index contributed by atoms with van der Waals surface area (Å²) in [5, 5.41) is 3.21. The molecule has 0 spiro atoms. The zero-order valence-electron chi connectivity index (χ0n) is 13.0. The largest absolute Gasteiger partial charge is 0.374 e. The van der Waals surface area contributed by atoms with Gasteiger partial charge in [0.25, 0.3) is 0 Å². The van der Waals surface area contributed by atoms with Gasteiger partial charge in [0.15, 0.2) is 0 Å². The summed E-state index contributed by atoms with van der Waals surface area (Å²) >= 11 is 1.72. The minimum atomic E-state index is 0.144. The van der Waals surface area contributed by atoms with Crippen molar-refractivity contribution < 1.29 is 9.47 Å². The molecule has 3 atom stereocenters. The minimum absolute atomic E-state index is 0.144. The molecule has 2 aliphatic rings. The number of nitrogens with zero attached hydrogens (tertiary/aromatic N) is 3. The van der Waals surface area contributed by atoms with Crippen molar-refractivity contribution in [1.82, 2.24) is 14.9 Å². The molecule has 0 amide bonds. The van der Waals surface area contributed by atoms with Crippen LogP contribution in [0.2, 0.25) is 0 Å². The van der Waals surface area contributed by atoms with E-state index in [1.165, 1.54) is 5.01 Å². The number of rotatable bonds is 5. The second-order valence-electron chi connectivity index (χ2n) is 6.08. The summed E-state index contributed by atoms with van der Waals surface area (Å²) < 4.78 is 12.3. The van der Waals surface area contributed by atoms with Crippen LogP contribution in [0.4, 0.5) is 0 Å². The van der Waals surface area contributed by atoms with Crippen molar-refractivity contribution in [3.8, 4) is 0 Å². The molecule has 2 aromatic heterocycles. The first-order valence-electron chi connectivity index (χ1n) is 8.15. The predicted octanol–water partition coefficient (Wildman–Crippen LogP) is 2.49. The van der Waals surface area contributed by atoms with Crippen LogP contribution in [0.5, 0.6) is 0 Å². The van der Waals surface area contributed by atoms with Crippen molar-refractivity contribution in [2.45, 2.75) is 44.2 Å². The molecule has 1 saturated heterocycles. The molecular formula is C17H21N3O2S. The quantitative estimate of drug-likeness (QED) is 0.842. The summed E-state index contributed by atoms with van der Waals surface area (Å²) in [7, 11) is 0. The lowest BCUT2D eigenvalue weighted by atomic mass is 10.1. The van der Waals surface area contributed by atoms with Crippen LogP contribution < -0.4 is 0 Å². The van der Waals surface area contributed by atoms with Gasteiger partial charge in [-0.1, -0.05) is 0 Å². The van der Waals surface area contributed by atoms with E-state index < -0.39 is 0 Å². The fraction of sp³-hybridized carbons (Fsp3) is 0.529. The van der Waals surface area contributed by atoms with E-state index >= 15 is 0 Å². The molecule has 4 rings (SSSR count). The van der Waals surface area contributed by atoms with Gasteiger partial charge in [-0.05, 0) is 30.5 Å². The van der Waals surface area contributed by atoms with Gasteiger partial charge in [-0.2, -0.15) is 0 Å². The molecule has 0 N–H and O–H groups in total. The maximum Gasteiger partial charge on any atom is 0.107 e. The zero-order chi connectivity index (χ0) is 15.5. The first-order chi connectivity index (χ1) is 11.4. The Labute approximate surface area is 140 Å². The minimum Gasteiger partial charge on any atom is -0.374 e. The Balaban J connectivity index is 1.45. The van der Waals surface area contributed by atoms with Crippen molar-refractivity contribution >= 4 is 11.3 Å². The molecule has 1 aliphatic heterocycles. The summed E-state index contributed by atoms with van der Waals surface area (Å²) in [6, 6.07) is 4.44. The van der Waals surface area contributed by atoms with Crippen LogP contribution in [0.3, 0.4) is 0 Å². The van der Waals surface area contributed by atoms with Crippen LogP contribution in [-0.4, -0.2) is 46.3 Å². The smallest absolute Gasteiger partial charge is 0.107 e. The second kappa shape index (κ2) is 7.05. The molecule has 23 heavy (non-hydrogen) atoms. The Kier molecular flexibility index (Phi) is 4.66. The molecule has 3 unspecified atom stereocenters. The van der Waals surface area contributed by atoms with Crippen LogP contribution in [-0.2, 0) is 22.6 Å². The van der Waals surface area contributed by atoms with Crippen LogP contribution in [0.25, 0.3) is 0 Å². The number of ether oxygens (including phenoxy) is 2. The third kappa shape index (κ3) is 3.45. The maximum absolute atomic E-state index is 6.27. The lowest BCUT2D eigenvalue weighted by molar-refractivity contribution is -0.0614. The Morgan fingerprint density at radius 2 is 2.17 bits per heavy atom. The molecule has 1 saturated carbocycles. The van der Waals surface area contributed by atoms with Crippen LogP contribution in [0.1, 0.15) is 23.4 Å². The zero-order valence-corrected chi connectivity index (χ0v) is 13.8. The fourth-order valence-corrected chi connectivity index (χ4v) is 4.20. The van der Waals surface area contributed by atoms with Gasteiger partial charge in [0.2, 0.25) is 0 Å². The van der Waals surface area contributed by atoms with E-state index in [2.05, 4.69) is 14.9 Å². The van der Waals surface area contributed by atoms with E-state index in [0.717, 1.165) is 38.1 Å². The summed E-state index contributed by atoms with van der Waals surface area (Å²) in [6.07, 6.45) is 8.09. The highest BCUT2D eigenvalue weighted by Crippen LogP contribution is 2.33. The maximum atomic E-state index is 6.27. The van der Waals surface area contributed by atoms with Crippen molar-refractivity contribution in [2.75, 3.05) is 13.2 Å². The van der Waals surface area contributed by atoms with Gasteiger partial charge in [0.1, 0.15) is 5.01 Å². The van der Waals surface area contributed by atoms with Gasteiger partial charge in [-0.3, -0.25) is 9.88 Å². The molecule has 122 valence electrons. The average Bonchev–Trinajstić information content (AvgIpc) is 3.18. The van der Waals surface area contributed by atoms with Gasteiger partial charge in [-0.25, -0.2) is 4.98 Å². The first kappa shape index (κ1) is 15.2. The van der Waals surface area contributed by atoms with Gasteiger partial charge in [0, 0.05) is 36.6 Å². The van der Waals surface area contributed by atoms with Crippen LogP contribution >= 0.6 is 11.3 Å². The monoisotopic (exact) mass is 331 g/mol. The summed E-state index contributed by atoms with van der Waals surface area (Å²) in [6.45, 7) is 3.25. The number of hydrogen-bond donors (Lipinski definition) is 0. The second-order valence-corrected chi connectivity index (χ2v) is 7.06.